The lowest BCUT2D eigenvalue weighted by Crippen LogP contribution is -2.44. The summed E-state index contributed by atoms with van der Waals surface area (Å²) in [6.45, 7) is 4.67. The number of nitrogens with zero attached hydrogens (tertiary/aromatic N) is 2. The molecule has 0 saturated carbocycles. The maximum atomic E-state index is 12.7. The summed E-state index contributed by atoms with van der Waals surface area (Å²) in [6.07, 6.45) is 8.59. The number of piperidine rings is 1. The van der Waals surface area contributed by atoms with Gasteiger partial charge in [0.05, 0.1) is 17.2 Å². The molecule has 2 aliphatic heterocycles. The molecule has 2 aromatic rings. The first-order valence-electron chi connectivity index (χ1n) is 9.20. The molecular formula is C19H25ClN4O2S. The molecule has 1 spiro atoms. The Labute approximate surface area is 169 Å². The minimum Gasteiger partial charge on any atom is -0.369 e. The normalized spacial score (nSPS) is 19.0. The summed E-state index contributed by atoms with van der Waals surface area (Å²) in [5.74, 6) is -0.00938. The molecule has 2 aromatic heterocycles. The van der Waals surface area contributed by atoms with E-state index in [9.17, 15) is 4.79 Å². The van der Waals surface area contributed by atoms with E-state index in [1.165, 1.54) is 10.4 Å². The summed E-state index contributed by atoms with van der Waals surface area (Å²) in [7, 11) is 0. The second kappa shape index (κ2) is 8.65. The standard InChI is InChI=1S/C19H24N4O2S.ClH/c1-13(10-15-12-21-7-8-22-15)23-18(24)16-11-14-2-9-25-19(17(14)26-16)3-5-20-6-4-19;/h7-8,11-13,20H,2-6,9-10H2,1H3,(H,23,24);1H. The third kappa shape index (κ3) is 4.32. The number of rotatable bonds is 4. The molecule has 1 atom stereocenters. The van der Waals surface area contributed by atoms with Crippen LogP contribution in [-0.4, -0.2) is 41.6 Å². The van der Waals surface area contributed by atoms with E-state index in [1.807, 2.05) is 6.92 Å². The van der Waals surface area contributed by atoms with Crippen LogP contribution in [0.1, 0.15) is 45.6 Å². The number of carbonyl (C=O) groups is 1. The fraction of sp³-hybridized carbons (Fsp3) is 0.526. The largest absolute Gasteiger partial charge is 0.369 e. The van der Waals surface area contributed by atoms with E-state index < -0.39 is 0 Å². The SMILES string of the molecule is CC(Cc1cnccn1)NC(=O)c1cc2c(s1)C1(CCNCC1)OCC2.Cl. The van der Waals surface area contributed by atoms with Crippen molar-refractivity contribution in [3.05, 3.63) is 45.7 Å². The Morgan fingerprint density at radius 3 is 2.96 bits per heavy atom. The predicted molar refractivity (Wildman–Crippen MR) is 108 cm³/mol. The zero-order valence-corrected chi connectivity index (χ0v) is 17.0. The Morgan fingerprint density at radius 1 is 1.41 bits per heavy atom. The van der Waals surface area contributed by atoms with Crippen molar-refractivity contribution in [3.8, 4) is 0 Å². The summed E-state index contributed by atoms with van der Waals surface area (Å²) in [5.41, 5.74) is 1.98. The Morgan fingerprint density at radius 2 is 2.22 bits per heavy atom. The van der Waals surface area contributed by atoms with Crippen LogP contribution in [0.5, 0.6) is 0 Å². The van der Waals surface area contributed by atoms with E-state index in [2.05, 4.69) is 26.7 Å². The van der Waals surface area contributed by atoms with E-state index in [4.69, 9.17) is 4.74 Å². The summed E-state index contributed by atoms with van der Waals surface area (Å²) < 4.78 is 6.21. The Balaban J connectivity index is 0.00000210. The van der Waals surface area contributed by atoms with E-state index >= 15 is 0 Å². The molecule has 2 aliphatic rings. The van der Waals surface area contributed by atoms with Crippen LogP contribution < -0.4 is 10.6 Å². The highest BCUT2D eigenvalue weighted by Crippen LogP contribution is 2.44. The van der Waals surface area contributed by atoms with Crippen LogP contribution in [0, 0.1) is 0 Å². The topological polar surface area (TPSA) is 76.1 Å². The predicted octanol–water partition coefficient (Wildman–Crippen LogP) is 2.47. The number of hydrogen-bond donors (Lipinski definition) is 2. The monoisotopic (exact) mass is 408 g/mol. The molecule has 0 aliphatic carbocycles. The molecule has 1 unspecified atom stereocenters. The van der Waals surface area contributed by atoms with Crippen LogP contribution in [0.2, 0.25) is 0 Å². The molecule has 1 fully saturated rings. The number of nitrogens with one attached hydrogen (secondary N) is 2. The van der Waals surface area contributed by atoms with Crippen molar-refractivity contribution in [1.82, 2.24) is 20.6 Å². The molecule has 6 nitrogen and oxygen atoms in total. The van der Waals surface area contributed by atoms with E-state index in [1.54, 1.807) is 29.9 Å². The number of ether oxygens (including phenoxy) is 1. The lowest BCUT2D eigenvalue weighted by molar-refractivity contribution is -0.0771. The van der Waals surface area contributed by atoms with Crippen molar-refractivity contribution in [2.75, 3.05) is 19.7 Å². The van der Waals surface area contributed by atoms with Gasteiger partial charge in [-0.1, -0.05) is 0 Å². The zero-order valence-electron chi connectivity index (χ0n) is 15.4. The second-order valence-corrected chi connectivity index (χ2v) is 8.14. The van der Waals surface area contributed by atoms with Crippen molar-refractivity contribution >= 4 is 29.7 Å². The summed E-state index contributed by atoms with van der Waals surface area (Å²) >= 11 is 1.60. The van der Waals surface area contributed by atoms with E-state index in [0.29, 0.717) is 6.42 Å². The van der Waals surface area contributed by atoms with Gasteiger partial charge in [-0.15, -0.1) is 23.7 Å². The quantitative estimate of drug-likeness (QED) is 0.812. The van der Waals surface area contributed by atoms with Crippen molar-refractivity contribution in [1.29, 1.82) is 0 Å². The molecule has 0 radical (unpaired) electrons. The van der Waals surface area contributed by atoms with Gasteiger partial charge in [-0.2, -0.15) is 0 Å². The van der Waals surface area contributed by atoms with Gasteiger partial charge in [-0.3, -0.25) is 14.8 Å². The smallest absolute Gasteiger partial charge is 0.261 e. The van der Waals surface area contributed by atoms with Gasteiger partial charge >= 0.3 is 0 Å². The first-order chi connectivity index (χ1) is 12.7. The third-order valence-electron chi connectivity index (χ3n) is 5.12. The molecule has 8 heteroatoms. The molecule has 1 amide bonds. The van der Waals surface area contributed by atoms with Crippen molar-refractivity contribution in [3.63, 3.8) is 0 Å². The van der Waals surface area contributed by atoms with Crippen LogP contribution in [0.3, 0.4) is 0 Å². The molecule has 1 saturated heterocycles. The second-order valence-electron chi connectivity index (χ2n) is 7.08. The van der Waals surface area contributed by atoms with Gasteiger partial charge in [0.15, 0.2) is 0 Å². The van der Waals surface area contributed by atoms with Gasteiger partial charge < -0.3 is 15.4 Å². The van der Waals surface area contributed by atoms with Crippen LogP contribution in [0.4, 0.5) is 0 Å². The highest BCUT2D eigenvalue weighted by atomic mass is 35.5. The van der Waals surface area contributed by atoms with Crippen molar-refractivity contribution in [2.24, 2.45) is 0 Å². The molecule has 2 N–H and O–H groups in total. The number of fused-ring (bicyclic) bond motifs is 2. The Hall–Kier alpha value is -1.54. The zero-order chi connectivity index (χ0) is 18.0. The third-order valence-corrected chi connectivity index (χ3v) is 6.48. The van der Waals surface area contributed by atoms with Gasteiger partial charge in [0.2, 0.25) is 0 Å². The van der Waals surface area contributed by atoms with Crippen LogP contribution in [0.15, 0.2) is 24.7 Å². The summed E-state index contributed by atoms with van der Waals surface area (Å²) in [4.78, 5) is 23.1. The Bertz CT molecular complexity index is 777. The molecular weight excluding hydrogens is 384 g/mol. The maximum absolute atomic E-state index is 12.7. The minimum absolute atomic E-state index is 0. The lowest BCUT2D eigenvalue weighted by atomic mass is 9.86. The fourth-order valence-corrected chi connectivity index (χ4v) is 5.14. The first kappa shape index (κ1) is 20.2. The molecule has 0 aromatic carbocycles. The highest BCUT2D eigenvalue weighted by molar-refractivity contribution is 7.14. The fourth-order valence-electron chi connectivity index (χ4n) is 3.83. The van der Waals surface area contributed by atoms with Gasteiger partial charge in [0.25, 0.3) is 5.91 Å². The first-order valence-corrected chi connectivity index (χ1v) is 10.0. The minimum atomic E-state index is -0.187. The number of carbonyl (C=O) groups excluding carboxylic acids is 1. The number of aromatic nitrogens is 2. The van der Waals surface area contributed by atoms with E-state index in [0.717, 1.165) is 49.5 Å². The highest BCUT2D eigenvalue weighted by Gasteiger charge is 2.41. The molecule has 4 heterocycles. The lowest BCUT2D eigenvalue weighted by Gasteiger charge is -2.40. The van der Waals surface area contributed by atoms with Crippen molar-refractivity contribution < 1.29 is 9.53 Å². The number of amides is 1. The average Bonchev–Trinajstić information content (AvgIpc) is 3.09. The van der Waals surface area contributed by atoms with Crippen molar-refractivity contribution in [2.45, 2.75) is 44.2 Å². The van der Waals surface area contributed by atoms with Gasteiger partial charge in [-0.05, 0) is 50.9 Å². The summed E-state index contributed by atoms with van der Waals surface area (Å²) in [5, 5.41) is 6.50. The van der Waals surface area contributed by atoms with E-state index in [-0.39, 0.29) is 30.0 Å². The van der Waals surface area contributed by atoms with Crippen LogP contribution in [0.25, 0.3) is 0 Å². The maximum Gasteiger partial charge on any atom is 0.261 e. The van der Waals surface area contributed by atoms with Crippen LogP contribution in [-0.2, 0) is 23.2 Å². The average molecular weight is 409 g/mol. The number of halogens is 1. The molecule has 0 bridgehead atoms. The number of hydrogen-bond acceptors (Lipinski definition) is 6. The molecule has 146 valence electrons. The molecule has 27 heavy (non-hydrogen) atoms. The molecule has 4 rings (SSSR count). The van der Waals surface area contributed by atoms with Gasteiger partial charge in [-0.25, -0.2) is 0 Å². The number of thiophene rings is 1. The Kier molecular flexibility index (Phi) is 6.47. The summed E-state index contributed by atoms with van der Waals surface area (Å²) in [6, 6.07) is 2.07. The van der Waals surface area contributed by atoms with Gasteiger partial charge in [0, 0.05) is 35.9 Å². The van der Waals surface area contributed by atoms with Gasteiger partial charge in [0.1, 0.15) is 5.60 Å². The van der Waals surface area contributed by atoms with Crippen LogP contribution >= 0.6 is 23.7 Å².